The van der Waals surface area contributed by atoms with E-state index in [0.29, 0.717) is 12.6 Å². The Morgan fingerprint density at radius 2 is 2.31 bits per heavy atom. The summed E-state index contributed by atoms with van der Waals surface area (Å²) in [7, 11) is 0. The summed E-state index contributed by atoms with van der Waals surface area (Å²) < 4.78 is 5.41. The van der Waals surface area contributed by atoms with Gasteiger partial charge in [-0.2, -0.15) is 4.98 Å². The maximum absolute atomic E-state index is 5.41. The summed E-state index contributed by atoms with van der Waals surface area (Å²) in [4.78, 5) is 8.02. The smallest absolute Gasteiger partial charge is 0.239 e. The first-order valence-electron chi connectivity index (χ1n) is 5.48. The minimum absolute atomic E-state index is 0.400. The lowest BCUT2D eigenvalue weighted by molar-refractivity contribution is 0.141. The number of unbranched alkanes of at least 4 members (excludes halogenated alkanes) is 1. The highest BCUT2D eigenvalue weighted by atomic mass is 16.5. The molecule has 1 rings (SSSR count). The molecule has 1 aromatic heterocycles. The highest BCUT2D eigenvalue weighted by Crippen LogP contribution is 2.03. The van der Waals surface area contributed by atoms with Crippen molar-refractivity contribution in [3.8, 4) is 0 Å². The zero-order chi connectivity index (χ0) is 11.6. The second-order valence-corrected chi connectivity index (χ2v) is 3.30. The molecule has 1 heterocycles. The van der Waals surface area contributed by atoms with Crippen molar-refractivity contribution in [3.63, 3.8) is 0 Å². The van der Waals surface area contributed by atoms with E-state index in [2.05, 4.69) is 27.6 Å². The molecule has 16 heavy (non-hydrogen) atoms. The van der Waals surface area contributed by atoms with Crippen molar-refractivity contribution in [2.45, 2.75) is 19.8 Å². The van der Waals surface area contributed by atoms with Crippen molar-refractivity contribution in [2.75, 3.05) is 30.5 Å². The van der Waals surface area contributed by atoms with Crippen molar-refractivity contribution < 1.29 is 4.74 Å². The van der Waals surface area contributed by atoms with Gasteiger partial charge in [0, 0.05) is 19.3 Å². The SMILES string of the molecule is CCCCOCCNc1ccnc(NN)n1. The number of anilines is 2. The molecule has 0 saturated heterocycles. The zero-order valence-electron chi connectivity index (χ0n) is 9.57. The van der Waals surface area contributed by atoms with E-state index in [1.165, 1.54) is 0 Å². The molecule has 0 atom stereocenters. The second-order valence-electron chi connectivity index (χ2n) is 3.30. The van der Waals surface area contributed by atoms with Gasteiger partial charge < -0.3 is 10.1 Å². The first kappa shape index (κ1) is 12.7. The molecule has 0 radical (unpaired) electrons. The van der Waals surface area contributed by atoms with Crippen LogP contribution in [0.2, 0.25) is 0 Å². The third-order valence-electron chi connectivity index (χ3n) is 1.98. The van der Waals surface area contributed by atoms with E-state index in [4.69, 9.17) is 10.6 Å². The van der Waals surface area contributed by atoms with Gasteiger partial charge in [-0.15, -0.1) is 0 Å². The summed E-state index contributed by atoms with van der Waals surface area (Å²) in [6.07, 6.45) is 3.90. The van der Waals surface area contributed by atoms with Gasteiger partial charge in [0.15, 0.2) is 0 Å². The average Bonchev–Trinajstić information content (AvgIpc) is 2.34. The fourth-order valence-electron chi connectivity index (χ4n) is 1.13. The molecule has 0 aliphatic rings. The third kappa shape index (κ3) is 4.90. The Hall–Kier alpha value is -1.40. The number of nitrogens with two attached hydrogens (primary N) is 1. The number of aromatic nitrogens is 2. The Labute approximate surface area is 95.6 Å². The Balaban J connectivity index is 2.16. The molecule has 0 aliphatic heterocycles. The topological polar surface area (TPSA) is 85.1 Å². The van der Waals surface area contributed by atoms with Crippen molar-refractivity contribution in [3.05, 3.63) is 12.3 Å². The summed E-state index contributed by atoms with van der Waals surface area (Å²) in [6.45, 7) is 4.36. The molecule has 1 aromatic rings. The van der Waals surface area contributed by atoms with Crippen molar-refractivity contribution in [1.29, 1.82) is 0 Å². The van der Waals surface area contributed by atoms with Crippen LogP contribution in [0.3, 0.4) is 0 Å². The van der Waals surface area contributed by atoms with E-state index in [-0.39, 0.29) is 0 Å². The van der Waals surface area contributed by atoms with Crippen LogP contribution in [-0.4, -0.2) is 29.7 Å². The molecule has 6 heteroatoms. The fourth-order valence-corrected chi connectivity index (χ4v) is 1.13. The molecule has 0 spiro atoms. The van der Waals surface area contributed by atoms with Crippen molar-refractivity contribution >= 4 is 11.8 Å². The molecule has 0 bridgehead atoms. The second kappa shape index (κ2) is 7.84. The van der Waals surface area contributed by atoms with Gasteiger partial charge in [0.05, 0.1) is 6.61 Å². The maximum atomic E-state index is 5.41. The van der Waals surface area contributed by atoms with E-state index in [1.54, 1.807) is 12.3 Å². The van der Waals surface area contributed by atoms with Crippen LogP contribution in [-0.2, 0) is 4.74 Å². The van der Waals surface area contributed by atoms with Crippen LogP contribution in [0, 0.1) is 0 Å². The molecule has 0 fully saturated rings. The van der Waals surface area contributed by atoms with Crippen LogP contribution >= 0.6 is 0 Å². The molecule has 0 unspecified atom stereocenters. The first-order valence-corrected chi connectivity index (χ1v) is 5.48. The molecule has 0 saturated carbocycles. The molecule has 0 aromatic carbocycles. The van der Waals surface area contributed by atoms with E-state index < -0.39 is 0 Å². The normalized spacial score (nSPS) is 10.1. The van der Waals surface area contributed by atoms with Gasteiger partial charge in [0.2, 0.25) is 5.95 Å². The zero-order valence-corrected chi connectivity index (χ0v) is 9.57. The van der Waals surface area contributed by atoms with Crippen LogP contribution in [0.1, 0.15) is 19.8 Å². The number of nitrogens with one attached hydrogen (secondary N) is 2. The Kier molecular flexibility index (Phi) is 6.20. The minimum atomic E-state index is 0.400. The van der Waals surface area contributed by atoms with Gasteiger partial charge in [-0.25, -0.2) is 10.8 Å². The molecule has 4 N–H and O–H groups in total. The number of nitrogen functional groups attached to an aromatic ring is 1. The van der Waals surface area contributed by atoms with Gasteiger partial charge in [-0.1, -0.05) is 13.3 Å². The predicted octanol–water partition coefficient (Wildman–Crippen LogP) is 0.991. The van der Waals surface area contributed by atoms with Gasteiger partial charge in [0.1, 0.15) is 5.82 Å². The summed E-state index contributed by atoms with van der Waals surface area (Å²) in [6, 6.07) is 1.78. The number of hydrogen-bond acceptors (Lipinski definition) is 6. The molecule has 0 amide bonds. The highest BCUT2D eigenvalue weighted by Gasteiger charge is 1.96. The Bertz CT molecular complexity index is 294. The Morgan fingerprint density at radius 1 is 1.44 bits per heavy atom. The number of hydrogen-bond donors (Lipinski definition) is 3. The predicted molar refractivity (Wildman–Crippen MR) is 64.1 cm³/mol. The largest absolute Gasteiger partial charge is 0.380 e. The molecule has 0 aliphatic carbocycles. The lowest BCUT2D eigenvalue weighted by Gasteiger charge is -2.07. The van der Waals surface area contributed by atoms with Crippen LogP contribution in [0.15, 0.2) is 12.3 Å². The molecule has 6 nitrogen and oxygen atoms in total. The van der Waals surface area contributed by atoms with E-state index in [0.717, 1.165) is 31.8 Å². The van der Waals surface area contributed by atoms with Crippen molar-refractivity contribution in [1.82, 2.24) is 9.97 Å². The number of ether oxygens (including phenoxy) is 1. The summed E-state index contributed by atoms with van der Waals surface area (Å²) in [5.41, 5.74) is 2.39. The molecular weight excluding hydrogens is 206 g/mol. The van der Waals surface area contributed by atoms with E-state index in [9.17, 15) is 0 Å². The summed E-state index contributed by atoms with van der Waals surface area (Å²) in [5, 5.41) is 3.12. The number of nitrogens with zero attached hydrogens (tertiary/aromatic N) is 2. The summed E-state index contributed by atoms with van der Waals surface area (Å²) >= 11 is 0. The monoisotopic (exact) mass is 225 g/mol. The molecular formula is C10H19N5O. The Morgan fingerprint density at radius 3 is 3.06 bits per heavy atom. The quantitative estimate of drug-likeness (QED) is 0.347. The number of hydrazine groups is 1. The van der Waals surface area contributed by atoms with Crippen molar-refractivity contribution in [2.24, 2.45) is 5.84 Å². The maximum Gasteiger partial charge on any atom is 0.239 e. The molecule has 90 valence electrons. The fraction of sp³-hybridized carbons (Fsp3) is 0.600. The van der Waals surface area contributed by atoms with Crippen LogP contribution in [0.25, 0.3) is 0 Å². The van der Waals surface area contributed by atoms with E-state index >= 15 is 0 Å². The van der Waals surface area contributed by atoms with E-state index in [1.807, 2.05) is 0 Å². The third-order valence-corrected chi connectivity index (χ3v) is 1.98. The van der Waals surface area contributed by atoms with Gasteiger partial charge in [-0.05, 0) is 12.5 Å². The van der Waals surface area contributed by atoms with Gasteiger partial charge in [-0.3, -0.25) is 5.43 Å². The van der Waals surface area contributed by atoms with Crippen LogP contribution in [0.5, 0.6) is 0 Å². The van der Waals surface area contributed by atoms with Gasteiger partial charge in [0.25, 0.3) is 0 Å². The van der Waals surface area contributed by atoms with Crippen LogP contribution in [0.4, 0.5) is 11.8 Å². The highest BCUT2D eigenvalue weighted by molar-refractivity contribution is 5.38. The standard InChI is InChI=1S/C10H19N5O/c1-2-3-7-16-8-6-12-9-4-5-13-10(14-9)15-11/h4-5H,2-3,6-8,11H2,1H3,(H2,12,13,14,15). The first-order chi connectivity index (χ1) is 7.86. The number of rotatable bonds is 8. The lowest BCUT2D eigenvalue weighted by atomic mass is 10.4. The average molecular weight is 225 g/mol. The van der Waals surface area contributed by atoms with Gasteiger partial charge >= 0.3 is 0 Å². The lowest BCUT2D eigenvalue weighted by Crippen LogP contribution is -2.14. The van der Waals surface area contributed by atoms with Crippen LogP contribution < -0.4 is 16.6 Å². The minimum Gasteiger partial charge on any atom is -0.380 e. The summed E-state index contributed by atoms with van der Waals surface area (Å²) in [5.74, 6) is 6.34.